The molecule has 2 fully saturated rings. The highest BCUT2D eigenvalue weighted by molar-refractivity contribution is 5.96. The van der Waals surface area contributed by atoms with Crippen molar-refractivity contribution in [2.24, 2.45) is 5.92 Å². The third-order valence-corrected chi connectivity index (χ3v) is 9.64. The van der Waals surface area contributed by atoms with Gasteiger partial charge < -0.3 is 30.3 Å². The fraction of sp³-hybridized carbons (Fsp3) is 0.462. The SMILES string of the molecule is COc1cccc(CNCC[C@H](Cc2cc(F)cc(F)c2)NC(=O)[C@H](CCc2ccccc2OC)N2CC[C@@](CC3CC3)(NC(C)=O)C2=O)c1. The number of aryl methyl sites for hydroxylation is 1. The Morgan fingerprint density at radius 1 is 0.960 bits per heavy atom. The van der Waals surface area contributed by atoms with Crippen LogP contribution in [0.25, 0.3) is 0 Å². The second kappa shape index (κ2) is 16.9. The number of hydrogen-bond acceptors (Lipinski definition) is 6. The van der Waals surface area contributed by atoms with Crippen molar-refractivity contribution >= 4 is 17.7 Å². The number of nitrogens with zero attached hydrogens (tertiary/aromatic N) is 1. The third-order valence-electron chi connectivity index (χ3n) is 9.64. The zero-order valence-corrected chi connectivity index (χ0v) is 29.1. The Morgan fingerprint density at radius 2 is 1.72 bits per heavy atom. The van der Waals surface area contributed by atoms with Crippen molar-refractivity contribution in [3.63, 3.8) is 0 Å². The molecule has 1 saturated heterocycles. The summed E-state index contributed by atoms with van der Waals surface area (Å²) >= 11 is 0. The molecule has 9 nitrogen and oxygen atoms in total. The molecule has 11 heteroatoms. The van der Waals surface area contributed by atoms with Gasteiger partial charge in [-0.15, -0.1) is 0 Å². The number of amides is 3. The molecule has 1 saturated carbocycles. The molecule has 2 aliphatic rings. The average molecular weight is 691 g/mol. The Bertz CT molecular complexity index is 1630. The van der Waals surface area contributed by atoms with Crippen molar-refractivity contribution in [1.82, 2.24) is 20.9 Å². The van der Waals surface area contributed by atoms with E-state index in [4.69, 9.17) is 9.47 Å². The van der Waals surface area contributed by atoms with E-state index in [1.807, 2.05) is 48.5 Å². The van der Waals surface area contributed by atoms with Crippen LogP contribution >= 0.6 is 0 Å². The topological polar surface area (TPSA) is 109 Å². The number of rotatable bonds is 18. The number of carbonyl (C=O) groups excluding carboxylic acids is 3. The molecule has 268 valence electrons. The highest BCUT2D eigenvalue weighted by Gasteiger charge is 2.52. The van der Waals surface area contributed by atoms with Crippen LogP contribution in [0.5, 0.6) is 11.5 Å². The normalized spacial score (nSPS) is 18.4. The highest BCUT2D eigenvalue weighted by atomic mass is 19.1. The number of carbonyl (C=O) groups is 3. The molecule has 3 atom stereocenters. The highest BCUT2D eigenvalue weighted by Crippen LogP contribution is 2.41. The van der Waals surface area contributed by atoms with E-state index < -0.39 is 29.3 Å². The average Bonchev–Trinajstić information content (AvgIpc) is 3.85. The number of benzene rings is 3. The van der Waals surface area contributed by atoms with E-state index in [-0.39, 0.29) is 24.1 Å². The summed E-state index contributed by atoms with van der Waals surface area (Å²) in [5.74, 6) is -0.456. The van der Waals surface area contributed by atoms with E-state index in [2.05, 4.69) is 16.0 Å². The minimum absolute atomic E-state index is 0.186. The van der Waals surface area contributed by atoms with Crippen LogP contribution in [-0.4, -0.2) is 67.6 Å². The standard InChI is InChI=1S/C39H48F2N4O5/c1-26(46)44-39(24-27-11-12-27)16-18-45(38(39)48)35(14-13-30-8-4-5-10-36(30)50-3)37(47)43-33(21-29-19-31(40)23-32(41)20-29)15-17-42-25-28-7-6-9-34(22-28)49-2/h4-10,19-20,22-23,27,33,35,42H,11-18,21,24-25H2,1-3H3,(H,43,47)(H,44,46)/t33-,35+,39+/m1/s1. The fourth-order valence-corrected chi connectivity index (χ4v) is 7.06. The molecule has 0 spiro atoms. The molecule has 50 heavy (non-hydrogen) atoms. The summed E-state index contributed by atoms with van der Waals surface area (Å²) in [5, 5.41) is 9.51. The van der Waals surface area contributed by atoms with E-state index in [9.17, 15) is 23.2 Å². The van der Waals surface area contributed by atoms with Crippen LogP contribution in [0.4, 0.5) is 8.78 Å². The lowest BCUT2D eigenvalue weighted by Gasteiger charge is -2.33. The molecule has 0 bridgehead atoms. The van der Waals surface area contributed by atoms with Crippen molar-refractivity contribution in [2.75, 3.05) is 27.3 Å². The summed E-state index contributed by atoms with van der Waals surface area (Å²) in [4.78, 5) is 42.6. The summed E-state index contributed by atoms with van der Waals surface area (Å²) in [5.41, 5.74) is 1.30. The fourth-order valence-electron chi connectivity index (χ4n) is 7.06. The van der Waals surface area contributed by atoms with Crippen molar-refractivity contribution in [3.05, 3.63) is 95.1 Å². The van der Waals surface area contributed by atoms with Crippen LogP contribution in [0.15, 0.2) is 66.7 Å². The predicted octanol–water partition coefficient (Wildman–Crippen LogP) is 5.10. The van der Waals surface area contributed by atoms with Gasteiger partial charge in [-0.1, -0.05) is 43.2 Å². The van der Waals surface area contributed by atoms with E-state index >= 15 is 0 Å². The van der Waals surface area contributed by atoms with Crippen molar-refractivity contribution in [1.29, 1.82) is 0 Å². The summed E-state index contributed by atoms with van der Waals surface area (Å²) in [6.45, 7) is 2.79. The quantitative estimate of drug-likeness (QED) is 0.161. The number of hydrogen-bond donors (Lipinski definition) is 3. The van der Waals surface area contributed by atoms with Gasteiger partial charge in [-0.3, -0.25) is 14.4 Å². The second-order valence-corrected chi connectivity index (χ2v) is 13.5. The Morgan fingerprint density at radius 3 is 2.42 bits per heavy atom. The van der Waals surface area contributed by atoms with Gasteiger partial charge in [0.15, 0.2) is 0 Å². The lowest BCUT2D eigenvalue weighted by molar-refractivity contribution is -0.143. The lowest BCUT2D eigenvalue weighted by atomic mass is 9.90. The van der Waals surface area contributed by atoms with Crippen LogP contribution < -0.4 is 25.4 Å². The number of likely N-dealkylation sites (tertiary alicyclic amines) is 1. The molecule has 5 rings (SSSR count). The van der Waals surface area contributed by atoms with Crippen LogP contribution in [0.2, 0.25) is 0 Å². The van der Waals surface area contributed by atoms with Gasteiger partial charge in [0.2, 0.25) is 17.7 Å². The molecule has 3 aromatic carbocycles. The zero-order chi connectivity index (χ0) is 35.7. The predicted molar refractivity (Wildman–Crippen MR) is 187 cm³/mol. The third kappa shape index (κ3) is 9.80. The number of ether oxygens (including phenoxy) is 2. The first-order valence-corrected chi connectivity index (χ1v) is 17.4. The first-order chi connectivity index (χ1) is 24.1. The van der Waals surface area contributed by atoms with Crippen LogP contribution in [0.1, 0.15) is 62.1 Å². The summed E-state index contributed by atoms with van der Waals surface area (Å²) in [7, 11) is 3.20. The second-order valence-electron chi connectivity index (χ2n) is 13.5. The molecule has 3 aromatic rings. The van der Waals surface area contributed by atoms with Gasteiger partial charge in [0.1, 0.15) is 34.7 Å². The molecule has 1 aliphatic carbocycles. The van der Waals surface area contributed by atoms with Gasteiger partial charge in [-0.2, -0.15) is 0 Å². The molecule has 3 amide bonds. The molecule has 3 N–H and O–H groups in total. The van der Waals surface area contributed by atoms with E-state index in [0.717, 1.165) is 35.8 Å². The number of para-hydroxylation sites is 1. The summed E-state index contributed by atoms with van der Waals surface area (Å²) in [6.07, 6.45) is 4.41. The largest absolute Gasteiger partial charge is 0.497 e. The molecule has 1 heterocycles. The smallest absolute Gasteiger partial charge is 0.249 e. The lowest BCUT2D eigenvalue weighted by Crippen LogP contribution is -2.57. The Kier molecular flexibility index (Phi) is 12.5. The first-order valence-electron chi connectivity index (χ1n) is 17.4. The molecule has 0 aromatic heterocycles. The first kappa shape index (κ1) is 36.8. The number of methoxy groups -OCH3 is 2. The Balaban J connectivity index is 1.36. The van der Waals surface area contributed by atoms with Gasteiger partial charge in [-0.25, -0.2) is 8.78 Å². The van der Waals surface area contributed by atoms with Gasteiger partial charge in [-0.05, 0) is 98.0 Å². The summed E-state index contributed by atoms with van der Waals surface area (Å²) < 4.78 is 39.3. The Labute approximate surface area is 293 Å². The maximum Gasteiger partial charge on any atom is 0.249 e. The number of nitrogens with one attached hydrogen (secondary N) is 3. The van der Waals surface area contributed by atoms with Crippen LogP contribution in [0, 0.1) is 17.6 Å². The van der Waals surface area contributed by atoms with Crippen LogP contribution in [0.3, 0.4) is 0 Å². The zero-order valence-electron chi connectivity index (χ0n) is 29.1. The van der Waals surface area contributed by atoms with E-state index in [1.165, 1.54) is 19.1 Å². The van der Waals surface area contributed by atoms with Crippen LogP contribution in [-0.2, 0) is 33.8 Å². The van der Waals surface area contributed by atoms with Crippen molar-refractivity contribution in [2.45, 2.75) is 82.5 Å². The molecule has 0 unspecified atom stereocenters. The monoisotopic (exact) mass is 690 g/mol. The molecule has 0 radical (unpaired) electrons. The Hall–Kier alpha value is -4.51. The van der Waals surface area contributed by atoms with Gasteiger partial charge in [0, 0.05) is 32.1 Å². The van der Waals surface area contributed by atoms with Gasteiger partial charge in [0.05, 0.1) is 14.2 Å². The molecular weight excluding hydrogens is 642 g/mol. The van der Waals surface area contributed by atoms with Gasteiger partial charge in [0.25, 0.3) is 0 Å². The summed E-state index contributed by atoms with van der Waals surface area (Å²) in [6, 6.07) is 17.3. The maximum atomic E-state index is 14.4. The molecular formula is C39H48F2N4O5. The van der Waals surface area contributed by atoms with Gasteiger partial charge >= 0.3 is 0 Å². The minimum atomic E-state index is -1.04. The minimum Gasteiger partial charge on any atom is -0.497 e. The van der Waals surface area contributed by atoms with E-state index in [0.29, 0.717) is 69.0 Å². The maximum absolute atomic E-state index is 14.4. The number of halogens is 2. The molecule has 1 aliphatic heterocycles. The van der Waals surface area contributed by atoms with Crippen molar-refractivity contribution in [3.8, 4) is 11.5 Å². The van der Waals surface area contributed by atoms with E-state index in [1.54, 1.807) is 19.1 Å². The van der Waals surface area contributed by atoms with Crippen molar-refractivity contribution < 1.29 is 32.6 Å².